The molecule has 2 bridgehead atoms. The number of aryl methyl sites for hydroxylation is 1. The molecule has 2 saturated heterocycles. The second-order valence-corrected chi connectivity index (χ2v) is 6.14. The van der Waals surface area contributed by atoms with Crippen molar-refractivity contribution in [2.24, 2.45) is 5.92 Å². The molecule has 1 aromatic heterocycles. The normalized spacial score (nSPS) is 29.6. The van der Waals surface area contributed by atoms with E-state index in [4.69, 9.17) is 0 Å². The molecule has 1 N–H and O–H groups in total. The van der Waals surface area contributed by atoms with Gasteiger partial charge in [0, 0.05) is 37.6 Å². The van der Waals surface area contributed by atoms with Gasteiger partial charge in [0.1, 0.15) is 0 Å². The topological polar surface area (TPSA) is 50.2 Å². The Morgan fingerprint density at radius 3 is 2.70 bits per heavy atom. The summed E-state index contributed by atoms with van der Waals surface area (Å²) in [7, 11) is 2.25. The van der Waals surface area contributed by atoms with E-state index in [1.54, 1.807) is 17.0 Å². The number of nitrogens with one attached hydrogen (secondary N) is 1. The van der Waals surface area contributed by atoms with Crippen molar-refractivity contribution in [3.05, 3.63) is 22.7 Å². The summed E-state index contributed by atoms with van der Waals surface area (Å²) in [5, 5.41) is 3.28. The summed E-state index contributed by atoms with van der Waals surface area (Å²) in [4.78, 5) is 18.8. The predicted octanol–water partition coefficient (Wildman–Crippen LogP) is 1.55. The molecule has 3 heterocycles. The molecule has 2 atom stereocenters. The first-order valence-corrected chi connectivity index (χ1v) is 7.70. The minimum Gasteiger partial charge on any atom is -0.365 e. The van der Waals surface area contributed by atoms with E-state index in [2.05, 4.69) is 22.2 Å². The van der Waals surface area contributed by atoms with Crippen LogP contribution in [0.5, 0.6) is 0 Å². The van der Waals surface area contributed by atoms with Crippen LogP contribution in [0.4, 0.5) is 5.82 Å². The van der Waals surface area contributed by atoms with Crippen molar-refractivity contribution in [3.8, 4) is 0 Å². The van der Waals surface area contributed by atoms with Gasteiger partial charge in [0.25, 0.3) is 5.56 Å². The van der Waals surface area contributed by atoms with Crippen molar-refractivity contribution >= 4 is 5.82 Å². The predicted molar refractivity (Wildman–Crippen MR) is 80.0 cm³/mol. The van der Waals surface area contributed by atoms with Gasteiger partial charge in [0.15, 0.2) is 5.82 Å². The lowest BCUT2D eigenvalue weighted by molar-refractivity contribution is 0.139. The van der Waals surface area contributed by atoms with Crippen LogP contribution in [0.3, 0.4) is 0 Å². The maximum Gasteiger partial charge on any atom is 0.293 e. The maximum atomic E-state index is 12.1. The molecule has 3 rings (SSSR count). The lowest BCUT2D eigenvalue weighted by Gasteiger charge is -2.36. The Morgan fingerprint density at radius 2 is 2.05 bits per heavy atom. The Hall–Kier alpha value is -1.36. The highest BCUT2D eigenvalue weighted by Gasteiger charge is 2.38. The van der Waals surface area contributed by atoms with Crippen LogP contribution in [0, 0.1) is 5.92 Å². The summed E-state index contributed by atoms with van der Waals surface area (Å²) in [6.45, 7) is 3.53. The van der Waals surface area contributed by atoms with Gasteiger partial charge in [-0.25, -0.2) is 4.98 Å². The summed E-state index contributed by atoms with van der Waals surface area (Å²) in [5.41, 5.74) is -0.00843. The van der Waals surface area contributed by atoms with E-state index >= 15 is 0 Å². The summed E-state index contributed by atoms with van der Waals surface area (Å²) in [6.07, 6.45) is 8.60. The third kappa shape index (κ3) is 2.46. The lowest BCUT2D eigenvalue weighted by Crippen LogP contribution is -2.41. The smallest absolute Gasteiger partial charge is 0.293 e. The highest BCUT2D eigenvalue weighted by atomic mass is 16.1. The first kappa shape index (κ1) is 13.6. The number of piperidine rings is 1. The van der Waals surface area contributed by atoms with Crippen molar-refractivity contribution in [1.29, 1.82) is 0 Å². The van der Waals surface area contributed by atoms with Crippen molar-refractivity contribution in [3.63, 3.8) is 0 Å². The van der Waals surface area contributed by atoms with Crippen LogP contribution in [0.15, 0.2) is 17.2 Å². The molecule has 0 spiro atoms. The van der Waals surface area contributed by atoms with Crippen LogP contribution in [-0.4, -0.2) is 40.1 Å². The Morgan fingerprint density at radius 1 is 1.35 bits per heavy atom. The van der Waals surface area contributed by atoms with E-state index in [-0.39, 0.29) is 5.56 Å². The Balaban J connectivity index is 1.62. The largest absolute Gasteiger partial charge is 0.365 e. The average Bonchev–Trinajstić information content (AvgIpc) is 2.67. The fourth-order valence-corrected chi connectivity index (χ4v) is 3.75. The van der Waals surface area contributed by atoms with Gasteiger partial charge in [0.05, 0.1) is 0 Å². The highest BCUT2D eigenvalue weighted by Crippen LogP contribution is 2.37. The molecule has 20 heavy (non-hydrogen) atoms. The van der Waals surface area contributed by atoms with Crippen LogP contribution in [0.2, 0.25) is 0 Å². The molecule has 2 unspecified atom stereocenters. The zero-order chi connectivity index (χ0) is 14.1. The number of aromatic nitrogens is 2. The standard InChI is InChI=1S/C15H24N4O/c1-3-19-7-6-16-14(15(19)20)17-10-11-8-12-4-5-13(9-11)18(12)2/h6-7,11-13H,3-5,8-10H2,1-2H3,(H,16,17). The SMILES string of the molecule is CCn1ccnc(NCC2CC3CCC(C2)N3C)c1=O. The van der Waals surface area contributed by atoms with E-state index in [9.17, 15) is 4.79 Å². The number of rotatable bonds is 4. The van der Waals surface area contributed by atoms with Gasteiger partial charge in [0.2, 0.25) is 0 Å². The average molecular weight is 276 g/mol. The zero-order valence-corrected chi connectivity index (χ0v) is 12.4. The van der Waals surface area contributed by atoms with Crippen LogP contribution in [0.25, 0.3) is 0 Å². The molecule has 2 fully saturated rings. The van der Waals surface area contributed by atoms with Gasteiger partial charge < -0.3 is 14.8 Å². The summed E-state index contributed by atoms with van der Waals surface area (Å²) < 4.78 is 1.69. The van der Waals surface area contributed by atoms with E-state index in [0.29, 0.717) is 18.3 Å². The monoisotopic (exact) mass is 276 g/mol. The fourth-order valence-electron chi connectivity index (χ4n) is 3.75. The van der Waals surface area contributed by atoms with E-state index < -0.39 is 0 Å². The molecular weight excluding hydrogens is 252 g/mol. The zero-order valence-electron chi connectivity index (χ0n) is 12.4. The molecule has 0 amide bonds. The van der Waals surface area contributed by atoms with Gasteiger partial charge in [-0.15, -0.1) is 0 Å². The molecule has 0 aliphatic carbocycles. The second-order valence-electron chi connectivity index (χ2n) is 6.14. The number of fused-ring (bicyclic) bond motifs is 2. The first-order valence-electron chi connectivity index (χ1n) is 7.70. The molecule has 0 aromatic carbocycles. The van der Waals surface area contributed by atoms with Crippen molar-refractivity contribution in [2.45, 2.75) is 51.2 Å². The molecule has 1 aromatic rings. The van der Waals surface area contributed by atoms with Crippen molar-refractivity contribution in [2.75, 3.05) is 18.9 Å². The molecule has 2 aliphatic heterocycles. The van der Waals surface area contributed by atoms with Gasteiger partial charge in [-0.05, 0) is 45.6 Å². The number of nitrogens with zero attached hydrogens (tertiary/aromatic N) is 3. The van der Waals surface area contributed by atoms with Crippen LogP contribution < -0.4 is 10.9 Å². The summed E-state index contributed by atoms with van der Waals surface area (Å²) in [5.74, 6) is 1.17. The maximum absolute atomic E-state index is 12.1. The third-order valence-corrected chi connectivity index (χ3v) is 5.01. The molecule has 2 aliphatic rings. The molecule has 0 saturated carbocycles. The Bertz CT molecular complexity index is 513. The number of anilines is 1. The van der Waals surface area contributed by atoms with E-state index in [0.717, 1.165) is 18.6 Å². The molecule has 5 heteroatoms. The second kappa shape index (κ2) is 5.56. The molecular formula is C15H24N4O. The number of hydrogen-bond donors (Lipinski definition) is 1. The molecule has 110 valence electrons. The Labute approximate surface area is 120 Å². The van der Waals surface area contributed by atoms with Crippen LogP contribution in [0.1, 0.15) is 32.6 Å². The lowest BCUT2D eigenvalue weighted by atomic mass is 9.91. The van der Waals surface area contributed by atoms with Gasteiger partial charge in [-0.1, -0.05) is 0 Å². The van der Waals surface area contributed by atoms with Gasteiger partial charge >= 0.3 is 0 Å². The highest BCUT2D eigenvalue weighted by molar-refractivity contribution is 5.30. The summed E-state index contributed by atoms with van der Waals surface area (Å²) >= 11 is 0. The molecule has 0 radical (unpaired) electrons. The number of hydrogen-bond acceptors (Lipinski definition) is 4. The van der Waals surface area contributed by atoms with Gasteiger partial charge in [-0.3, -0.25) is 4.79 Å². The van der Waals surface area contributed by atoms with Gasteiger partial charge in [-0.2, -0.15) is 0 Å². The first-order chi connectivity index (χ1) is 9.69. The fraction of sp³-hybridized carbons (Fsp3) is 0.733. The third-order valence-electron chi connectivity index (χ3n) is 5.01. The van der Waals surface area contributed by atoms with Crippen molar-refractivity contribution < 1.29 is 0 Å². The summed E-state index contributed by atoms with van der Waals surface area (Å²) in [6, 6.07) is 1.49. The van der Waals surface area contributed by atoms with Crippen LogP contribution in [-0.2, 0) is 6.54 Å². The minimum absolute atomic E-state index is 0.00843. The quantitative estimate of drug-likeness (QED) is 0.906. The van der Waals surface area contributed by atoms with Crippen molar-refractivity contribution in [1.82, 2.24) is 14.5 Å². The minimum atomic E-state index is -0.00843. The molecule has 5 nitrogen and oxygen atoms in total. The Kier molecular flexibility index (Phi) is 3.78. The van der Waals surface area contributed by atoms with E-state index in [1.807, 2.05) is 6.92 Å². The van der Waals surface area contributed by atoms with E-state index in [1.165, 1.54) is 25.7 Å². The van der Waals surface area contributed by atoms with Crippen LogP contribution >= 0.6 is 0 Å².